The Morgan fingerprint density at radius 2 is 1.80 bits per heavy atom. The van der Waals surface area contributed by atoms with E-state index in [-0.39, 0.29) is 24.8 Å². The second-order valence-corrected chi connectivity index (χ2v) is 13.3. The number of benzene rings is 1. The number of nitrogens with one attached hydrogen (secondary N) is 1. The molecule has 0 unspecified atom stereocenters. The van der Waals surface area contributed by atoms with Gasteiger partial charge in [-0.15, -0.1) is 4.80 Å². The number of aryl methyl sites for hydroxylation is 2. The number of aromatic nitrogens is 5. The lowest BCUT2D eigenvalue weighted by Crippen LogP contribution is -2.56. The number of aliphatic hydroxyl groups is 1. The average molecular weight is 623 g/mol. The molecular formula is C32H42N6O5S. The number of nitrogens with zero attached hydrogens (tertiary/aromatic N) is 5. The molecule has 1 saturated carbocycles. The van der Waals surface area contributed by atoms with Crippen LogP contribution >= 0.6 is 11.3 Å². The lowest BCUT2D eigenvalue weighted by Gasteiger charge is -2.32. The molecular weight excluding hydrogens is 580 g/mol. The Morgan fingerprint density at radius 1 is 1.14 bits per heavy atom. The van der Waals surface area contributed by atoms with Gasteiger partial charge in [0.15, 0.2) is 0 Å². The number of hydrogen-bond acceptors (Lipinski definition) is 8. The van der Waals surface area contributed by atoms with Crippen molar-refractivity contribution in [3.63, 3.8) is 0 Å². The summed E-state index contributed by atoms with van der Waals surface area (Å²) >= 11 is 1.27. The maximum Gasteiger partial charge on any atom is 0.333 e. The molecule has 3 aromatic heterocycles. The lowest BCUT2D eigenvalue weighted by molar-refractivity contribution is -0.129. The van der Waals surface area contributed by atoms with Crippen molar-refractivity contribution in [2.75, 3.05) is 0 Å². The van der Waals surface area contributed by atoms with Crippen LogP contribution in [0, 0.1) is 6.92 Å². The van der Waals surface area contributed by atoms with Crippen molar-refractivity contribution in [1.29, 1.82) is 0 Å². The van der Waals surface area contributed by atoms with Crippen molar-refractivity contribution in [2.45, 2.75) is 110 Å². The van der Waals surface area contributed by atoms with Gasteiger partial charge in [-0.1, -0.05) is 42.5 Å². The summed E-state index contributed by atoms with van der Waals surface area (Å²) in [5.74, 6) is -0.427. The second kappa shape index (κ2) is 12.8. The molecule has 1 aliphatic rings. The van der Waals surface area contributed by atoms with Crippen LogP contribution in [0.5, 0.6) is 0 Å². The largest absolute Gasteiger partial charge is 0.393 e. The van der Waals surface area contributed by atoms with Crippen molar-refractivity contribution in [3.8, 4) is 5.00 Å². The maximum absolute atomic E-state index is 14.5. The molecule has 0 aliphatic heterocycles. The van der Waals surface area contributed by atoms with Gasteiger partial charge in [0, 0.05) is 11.6 Å². The standard InChI is InChI=1S/C32H42N6O5S/c1-7-21-10-8-9-11-24(21)25(43-23-14-12-22(39)13-15-23)18-36-29-26(20(4)28(44-29)38-33-16-17-34-38)27(40)37(31(36)42)32(5,6)30(41)35-19(2)3/h8-11,16-17,19,22-23,25,39H,7,12-15,18H2,1-6H3,(H,35,41)/t22-,23+,25-/m0/s1. The van der Waals surface area contributed by atoms with Crippen molar-refractivity contribution < 1.29 is 14.6 Å². The number of fused-ring (bicyclic) bond motifs is 1. The highest BCUT2D eigenvalue weighted by Gasteiger charge is 2.36. The van der Waals surface area contributed by atoms with Crippen molar-refractivity contribution in [1.82, 2.24) is 29.4 Å². The number of thiophene rings is 1. The molecule has 1 atom stereocenters. The van der Waals surface area contributed by atoms with E-state index in [2.05, 4.69) is 28.5 Å². The predicted octanol–water partition coefficient (Wildman–Crippen LogP) is 4.00. The first kappa shape index (κ1) is 31.8. The van der Waals surface area contributed by atoms with E-state index in [1.54, 1.807) is 30.8 Å². The van der Waals surface area contributed by atoms with Crippen LogP contribution < -0.4 is 16.6 Å². The van der Waals surface area contributed by atoms with Crippen LogP contribution in [0.3, 0.4) is 0 Å². The van der Waals surface area contributed by atoms with E-state index in [1.165, 1.54) is 16.1 Å². The molecule has 11 nitrogen and oxygen atoms in total. The third-order valence-corrected chi connectivity index (χ3v) is 9.73. The van der Waals surface area contributed by atoms with Gasteiger partial charge in [-0.2, -0.15) is 10.2 Å². The molecule has 44 heavy (non-hydrogen) atoms. The monoisotopic (exact) mass is 622 g/mol. The number of carbonyl (C=O) groups excluding carboxylic acids is 1. The van der Waals surface area contributed by atoms with Gasteiger partial charge in [0.2, 0.25) is 5.91 Å². The van der Waals surface area contributed by atoms with Gasteiger partial charge in [0.25, 0.3) is 5.56 Å². The molecule has 12 heteroatoms. The molecule has 4 aromatic rings. The Bertz CT molecular complexity index is 1750. The number of carbonyl (C=O) groups is 1. The molecule has 0 radical (unpaired) electrons. The van der Waals surface area contributed by atoms with Gasteiger partial charge < -0.3 is 15.2 Å². The number of hydrogen-bond donors (Lipinski definition) is 2. The Labute approximate surface area is 260 Å². The minimum absolute atomic E-state index is 0.0902. The zero-order chi connectivity index (χ0) is 31.8. The maximum atomic E-state index is 14.5. The molecule has 3 heterocycles. The normalized spacial score (nSPS) is 18.2. The molecule has 0 bridgehead atoms. The van der Waals surface area contributed by atoms with E-state index >= 15 is 0 Å². The van der Waals surface area contributed by atoms with E-state index in [1.807, 2.05) is 39.0 Å². The first-order valence-corrected chi connectivity index (χ1v) is 16.1. The fourth-order valence-electron chi connectivity index (χ4n) is 6.00. The van der Waals surface area contributed by atoms with Crippen LogP contribution in [0.2, 0.25) is 0 Å². The Balaban J connectivity index is 1.74. The fourth-order valence-corrected chi connectivity index (χ4v) is 7.22. The summed E-state index contributed by atoms with van der Waals surface area (Å²) < 4.78 is 9.44. The van der Waals surface area contributed by atoms with Gasteiger partial charge in [-0.05, 0) is 77.8 Å². The number of ether oxygens (including phenoxy) is 1. The SMILES string of the molecule is CCc1ccccc1[C@H](Cn1c(=O)n(C(C)(C)C(=O)NC(C)C)c(=O)c2c(C)c(-n3nccn3)sc21)O[C@H]1CC[C@@H](O)CC1. The van der Waals surface area contributed by atoms with Crippen LogP contribution in [-0.2, 0) is 28.0 Å². The van der Waals surface area contributed by atoms with E-state index in [9.17, 15) is 19.5 Å². The molecule has 0 spiro atoms. The summed E-state index contributed by atoms with van der Waals surface area (Å²) in [6, 6.07) is 7.86. The van der Waals surface area contributed by atoms with Gasteiger partial charge in [-0.25, -0.2) is 9.36 Å². The summed E-state index contributed by atoms with van der Waals surface area (Å²) in [7, 11) is 0. The van der Waals surface area contributed by atoms with Crippen LogP contribution in [0.1, 0.15) is 83.1 Å². The predicted molar refractivity (Wildman–Crippen MR) is 171 cm³/mol. The molecule has 5 rings (SSSR count). The van der Waals surface area contributed by atoms with Crippen LogP contribution in [0.15, 0.2) is 46.2 Å². The van der Waals surface area contributed by atoms with Crippen LogP contribution in [0.25, 0.3) is 15.2 Å². The summed E-state index contributed by atoms with van der Waals surface area (Å²) in [6.45, 7) is 10.9. The quantitative estimate of drug-likeness (QED) is 0.273. The van der Waals surface area contributed by atoms with E-state index in [0.29, 0.717) is 46.5 Å². The number of rotatable bonds is 10. The molecule has 1 amide bonds. The highest BCUT2D eigenvalue weighted by molar-refractivity contribution is 7.21. The van der Waals surface area contributed by atoms with Gasteiger partial charge >= 0.3 is 5.69 Å². The first-order chi connectivity index (χ1) is 20.9. The van der Waals surface area contributed by atoms with Crippen LogP contribution in [0.4, 0.5) is 0 Å². The van der Waals surface area contributed by atoms with E-state index in [0.717, 1.165) is 22.1 Å². The topological polar surface area (TPSA) is 133 Å². The second-order valence-electron chi connectivity index (χ2n) is 12.4. The Hall–Kier alpha value is -3.61. The molecule has 1 fully saturated rings. The third-order valence-electron chi connectivity index (χ3n) is 8.45. The number of amides is 1. The van der Waals surface area contributed by atoms with Crippen molar-refractivity contribution in [3.05, 3.63) is 74.2 Å². The van der Waals surface area contributed by atoms with E-state index in [4.69, 9.17) is 4.74 Å². The summed E-state index contributed by atoms with van der Waals surface area (Å²) in [4.78, 5) is 44.1. The first-order valence-electron chi connectivity index (χ1n) is 15.3. The minimum atomic E-state index is -1.48. The lowest BCUT2D eigenvalue weighted by atomic mass is 9.94. The van der Waals surface area contributed by atoms with Gasteiger partial charge in [0.1, 0.15) is 21.5 Å². The molecule has 236 valence electrons. The average Bonchev–Trinajstić information content (AvgIpc) is 3.63. The summed E-state index contributed by atoms with van der Waals surface area (Å²) in [6.07, 6.45) is 5.70. The minimum Gasteiger partial charge on any atom is -0.393 e. The Morgan fingerprint density at radius 3 is 2.43 bits per heavy atom. The van der Waals surface area contributed by atoms with Gasteiger partial charge in [-0.3, -0.25) is 14.2 Å². The summed E-state index contributed by atoms with van der Waals surface area (Å²) in [5.41, 5.74) is 0.0921. The Kier molecular flexibility index (Phi) is 9.24. The fraction of sp³-hybridized carbons (Fsp3) is 0.531. The molecule has 2 N–H and O–H groups in total. The third kappa shape index (κ3) is 6.02. The van der Waals surface area contributed by atoms with Crippen molar-refractivity contribution >= 4 is 27.5 Å². The highest BCUT2D eigenvalue weighted by Crippen LogP contribution is 2.34. The molecule has 0 saturated heterocycles. The zero-order valence-corrected chi connectivity index (χ0v) is 27.1. The molecule has 1 aliphatic carbocycles. The zero-order valence-electron chi connectivity index (χ0n) is 26.2. The van der Waals surface area contributed by atoms with Gasteiger partial charge in [0.05, 0.1) is 36.5 Å². The van der Waals surface area contributed by atoms with E-state index < -0.39 is 28.8 Å². The molecule has 1 aromatic carbocycles. The smallest absolute Gasteiger partial charge is 0.333 e. The number of aliphatic hydroxyl groups excluding tert-OH is 1. The van der Waals surface area contributed by atoms with Crippen LogP contribution in [-0.4, -0.2) is 53.4 Å². The highest BCUT2D eigenvalue weighted by atomic mass is 32.1. The van der Waals surface area contributed by atoms with Crippen molar-refractivity contribution in [2.24, 2.45) is 0 Å². The summed E-state index contributed by atoms with van der Waals surface area (Å²) in [5, 5.41) is 22.5.